The monoisotopic (exact) mass is 555 g/mol. The molecule has 0 bridgehead atoms. The molecule has 1 aliphatic heterocycles. The minimum absolute atomic E-state index is 0.126. The van der Waals surface area contributed by atoms with Gasteiger partial charge in [-0.3, -0.25) is 14.4 Å². The predicted molar refractivity (Wildman–Crippen MR) is 161 cm³/mol. The largest absolute Gasteiger partial charge is 0.353 e. The molecule has 2 N–H and O–H groups in total. The molecule has 2 aromatic rings. The number of anilines is 1. The van der Waals surface area contributed by atoms with Gasteiger partial charge in [0.25, 0.3) is 5.91 Å². The maximum Gasteiger partial charge on any atom is 0.255 e. The lowest BCUT2D eigenvalue weighted by molar-refractivity contribution is -0.157. The predicted octanol–water partition coefficient (Wildman–Crippen LogP) is 6.22. The Kier molecular flexibility index (Phi) is 7.46. The van der Waals surface area contributed by atoms with Crippen molar-refractivity contribution in [3.05, 3.63) is 65.7 Å². The van der Waals surface area contributed by atoms with Gasteiger partial charge in [-0.15, -0.1) is 0 Å². The molecule has 0 aromatic heterocycles. The second kappa shape index (κ2) is 10.9. The van der Waals surface area contributed by atoms with Crippen LogP contribution in [0.5, 0.6) is 0 Å². The number of likely N-dealkylation sites (tertiary alicyclic amines) is 1. The number of carbonyl (C=O) groups is 3. The quantitative estimate of drug-likeness (QED) is 0.444. The molecule has 0 spiro atoms. The van der Waals surface area contributed by atoms with Crippen molar-refractivity contribution in [3.63, 3.8) is 0 Å². The molecule has 7 atom stereocenters. The van der Waals surface area contributed by atoms with E-state index >= 15 is 0 Å². The zero-order chi connectivity index (χ0) is 28.8. The van der Waals surface area contributed by atoms with E-state index in [1.807, 2.05) is 49.5 Å². The lowest BCUT2D eigenvalue weighted by Crippen LogP contribution is -2.62. The molecular weight excluding hydrogens is 510 g/mol. The number of hydrogen-bond acceptors (Lipinski definition) is 3. The molecule has 2 aromatic carbocycles. The molecule has 3 saturated carbocycles. The Labute approximate surface area is 244 Å². The molecule has 1 heterocycles. The van der Waals surface area contributed by atoms with E-state index in [0.29, 0.717) is 54.5 Å². The highest BCUT2D eigenvalue weighted by atomic mass is 16.2. The average molecular weight is 556 g/mol. The minimum Gasteiger partial charge on any atom is -0.353 e. The fraction of sp³-hybridized carbons (Fsp3) is 0.571. The molecule has 6 nitrogen and oxygen atoms in total. The van der Waals surface area contributed by atoms with Crippen LogP contribution in [0.15, 0.2) is 54.6 Å². The van der Waals surface area contributed by atoms with Crippen molar-refractivity contribution in [2.24, 2.45) is 28.6 Å². The van der Waals surface area contributed by atoms with E-state index in [0.717, 1.165) is 36.9 Å². The van der Waals surface area contributed by atoms with Crippen LogP contribution in [0.25, 0.3) is 0 Å². The van der Waals surface area contributed by atoms with Crippen LogP contribution in [0, 0.1) is 28.6 Å². The highest BCUT2D eigenvalue weighted by Gasteiger charge is 2.61. The Morgan fingerprint density at radius 3 is 2.49 bits per heavy atom. The third-order valence-corrected chi connectivity index (χ3v) is 11.8. The number of rotatable bonds is 6. The van der Waals surface area contributed by atoms with E-state index in [1.165, 1.54) is 19.3 Å². The van der Waals surface area contributed by atoms with Gasteiger partial charge in [-0.05, 0) is 110 Å². The number of benzene rings is 2. The summed E-state index contributed by atoms with van der Waals surface area (Å²) >= 11 is 0. The van der Waals surface area contributed by atoms with Crippen molar-refractivity contribution in [2.75, 3.05) is 12.4 Å². The zero-order valence-corrected chi connectivity index (χ0v) is 24.8. The van der Waals surface area contributed by atoms with E-state index < -0.39 is 0 Å². The van der Waals surface area contributed by atoms with Crippen molar-refractivity contribution in [3.8, 4) is 0 Å². The number of piperidine rings is 1. The second-order valence-corrected chi connectivity index (χ2v) is 13.7. The maximum absolute atomic E-state index is 13.2. The third-order valence-electron chi connectivity index (χ3n) is 11.8. The lowest BCUT2D eigenvalue weighted by Gasteiger charge is -2.61. The van der Waals surface area contributed by atoms with Crippen LogP contribution >= 0.6 is 0 Å². The van der Waals surface area contributed by atoms with Gasteiger partial charge in [-0.1, -0.05) is 44.2 Å². The number of aryl methyl sites for hydroxylation is 1. The summed E-state index contributed by atoms with van der Waals surface area (Å²) in [6, 6.07) is 17.6. The molecule has 0 radical (unpaired) electrons. The normalized spacial score (nSPS) is 34.3. The number of hydrogen-bond donors (Lipinski definition) is 2. The van der Waals surface area contributed by atoms with Crippen LogP contribution < -0.4 is 10.6 Å². The Bertz CT molecular complexity index is 1310. The Hall–Kier alpha value is -3.15. The van der Waals surface area contributed by atoms with Crippen LogP contribution in [0.4, 0.5) is 5.69 Å². The van der Waals surface area contributed by atoms with Gasteiger partial charge in [0, 0.05) is 43.2 Å². The molecule has 4 fully saturated rings. The van der Waals surface area contributed by atoms with Crippen molar-refractivity contribution in [2.45, 2.75) is 90.1 Å². The molecular formula is C35H45N3O3. The van der Waals surface area contributed by atoms with E-state index in [2.05, 4.69) is 29.4 Å². The molecule has 3 amide bonds. The molecule has 4 aliphatic rings. The smallest absolute Gasteiger partial charge is 0.255 e. The number of nitrogens with zero attached hydrogens (tertiary/aromatic N) is 1. The SMILES string of the molecule is CN1C(=O)CC[C@]2(C)[C@H]3CC[C@]4(C)C(NC(=O)CCc5cccc(NC(=O)c6ccccc6)c5)CC[C@H]4[C@@H]3CC[C@@H]12. The lowest BCUT2D eigenvalue weighted by atomic mass is 9.47. The summed E-state index contributed by atoms with van der Waals surface area (Å²) in [4.78, 5) is 40.3. The summed E-state index contributed by atoms with van der Waals surface area (Å²) in [6.07, 6.45) is 9.77. The Morgan fingerprint density at radius 2 is 1.68 bits per heavy atom. The van der Waals surface area contributed by atoms with Crippen molar-refractivity contribution >= 4 is 23.4 Å². The van der Waals surface area contributed by atoms with Crippen molar-refractivity contribution < 1.29 is 14.4 Å². The molecule has 41 heavy (non-hydrogen) atoms. The molecule has 3 aliphatic carbocycles. The zero-order valence-electron chi connectivity index (χ0n) is 24.8. The summed E-state index contributed by atoms with van der Waals surface area (Å²) in [5, 5.41) is 6.44. The minimum atomic E-state index is -0.134. The number of fused-ring (bicyclic) bond motifs is 5. The van der Waals surface area contributed by atoms with E-state index in [-0.39, 0.29) is 28.7 Å². The van der Waals surface area contributed by atoms with Crippen molar-refractivity contribution in [1.29, 1.82) is 0 Å². The first-order valence-corrected chi connectivity index (χ1v) is 15.7. The number of nitrogens with one attached hydrogen (secondary N) is 2. The molecule has 1 saturated heterocycles. The van der Waals surface area contributed by atoms with Gasteiger partial charge >= 0.3 is 0 Å². The fourth-order valence-electron chi connectivity index (χ4n) is 9.51. The molecule has 218 valence electrons. The summed E-state index contributed by atoms with van der Waals surface area (Å²) < 4.78 is 0. The molecule has 1 unspecified atom stereocenters. The van der Waals surface area contributed by atoms with Crippen molar-refractivity contribution in [1.82, 2.24) is 10.2 Å². The highest BCUT2D eigenvalue weighted by molar-refractivity contribution is 6.04. The first-order valence-electron chi connectivity index (χ1n) is 15.7. The summed E-state index contributed by atoms with van der Waals surface area (Å²) in [5.74, 6) is 2.34. The third kappa shape index (κ3) is 5.08. The second-order valence-electron chi connectivity index (χ2n) is 13.7. The summed E-state index contributed by atoms with van der Waals surface area (Å²) in [6.45, 7) is 4.91. The highest BCUT2D eigenvalue weighted by Crippen LogP contribution is 2.64. The van der Waals surface area contributed by atoms with Crippen LogP contribution in [0.2, 0.25) is 0 Å². The Morgan fingerprint density at radius 1 is 0.902 bits per heavy atom. The first kappa shape index (κ1) is 28.0. The molecule has 6 heteroatoms. The summed E-state index contributed by atoms with van der Waals surface area (Å²) in [5.41, 5.74) is 2.79. The average Bonchev–Trinajstić information content (AvgIpc) is 3.30. The van der Waals surface area contributed by atoms with Crippen LogP contribution in [0.1, 0.15) is 87.6 Å². The van der Waals surface area contributed by atoms with Gasteiger partial charge in [-0.2, -0.15) is 0 Å². The number of amides is 3. The van der Waals surface area contributed by atoms with Gasteiger partial charge in [0.15, 0.2) is 0 Å². The van der Waals surface area contributed by atoms with E-state index in [9.17, 15) is 14.4 Å². The van der Waals surface area contributed by atoms with Crippen LogP contribution in [-0.2, 0) is 16.0 Å². The summed E-state index contributed by atoms with van der Waals surface area (Å²) in [7, 11) is 2.02. The number of carbonyl (C=O) groups excluding carboxylic acids is 3. The van der Waals surface area contributed by atoms with Gasteiger partial charge < -0.3 is 15.5 Å². The van der Waals surface area contributed by atoms with E-state index in [4.69, 9.17) is 0 Å². The van der Waals surface area contributed by atoms with Gasteiger partial charge in [0.2, 0.25) is 11.8 Å². The van der Waals surface area contributed by atoms with E-state index in [1.54, 1.807) is 12.1 Å². The Balaban J connectivity index is 1.05. The van der Waals surface area contributed by atoms with Crippen LogP contribution in [-0.4, -0.2) is 41.8 Å². The van der Waals surface area contributed by atoms with Gasteiger partial charge in [0.1, 0.15) is 0 Å². The molecule has 6 rings (SSSR count). The van der Waals surface area contributed by atoms with Gasteiger partial charge in [0.05, 0.1) is 0 Å². The maximum atomic E-state index is 13.2. The van der Waals surface area contributed by atoms with Gasteiger partial charge in [-0.25, -0.2) is 0 Å². The first-order chi connectivity index (χ1) is 19.7. The van der Waals surface area contributed by atoms with Crippen LogP contribution in [0.3, 0.4) is 0 Å². The standard InChI is InChI=1S/C35H45N3O3/c1-34-20-18-28-26(13-16-30-35(28,2)21-19-32(40)38(30)3)27(34)14-15-29(34)37-31(39)17-12-23-8-7-11-25(22-23)36-33(41)24-9-5-4-6-10-24/h4-11,22,26-30H,12-21H2,1-3H3,(H,36,41)(H,37,39)/t26-,27-,28-,29?,30+,34-,35+/m0/s1. The topological polar surface area (TPSA) is 78.5 Å². The fourth-order valence-corrected chi connectivity index (χ4v) is 9.51.